The molecule has 0 bridgehead atoms. The molecule has 10 heavy (non-hydrogen) atoms. The van der Waals surface area contributed by atoms with Crippen LogP contribution in [0.25, 0.3) is 0 Å². The molecule has 0 saturated heterocycles. The lowest BCUT2D eigenvalue weighted by Gasteiger charge is -2.10. The molecule has 1 rings (SSSR count). The highest BCUT2D eigenvalue weighted by Gasteiger charge is 2.15. The average Bonchev–Trinajstić information content (AvgIpc) is 1.88. The van der Waals surface area contributed by atoms with E-state index in [2.05, 4.69) is 15.9 Å². The summed E-state index contributed by atoms with van der Waals surface area (Å²) in [6, 6.07) is 0. The minimum atomic E-state index is -0.979. The van der Waals surface area contributed by atoms with Crippen molar-refractivity contribution in [3.05, 3.63) is 22.9 Å². The summed E-state index contributed by atoms with van der Waals surface area (Å²) < 4.78 is 5.50. The van der Waals surface area contributed by atoms with Crippen LogP contribution in [0.3, 0.4) is 0 Å². The zero-order valence-electron chi connectivity index (χ0n) is 4.95. The second kappa shape index (κ2) is 2.88. The highest BCUT2D eigenvalue weighted by atomic mass is 79.9. The summed E-state index contributed by atoms with van der Waals surface area (Å²) >= 11 is 3.12. The first kappa shape index (κ1) is 7.34. The molecule has 1 aliphatic rings. The third-order valence-electron chi connectivity index (χ3n) is 1.00. The predicted octanol–water partition coefficient (Wildman–Crippen LogP) is 1.26. The first-order chi connectivity index (χ1) is 4.70. The molecular formula is C6H5BrO3. The van der Waals surface area contributed by atoms with Gasteiger partial charge in [0.2, 0.25) is 6.10 Å². The van der Waals surface area contributed by atoms with Crippen molar-refractivity contribution in [3.8, 4) is 0 Å². The molecule has 54 valence electrons. The summed E-state index contributed by atoms with van der Waals surface area (Å²) in [5, 5.41) is 8.40. The highest BCUT2D eigenvalue weighted by molar-refractivity contribution is 9.11. The third-order valence-corrected chi connectivity index (χ3v) is 1.45. The van der Waals surface area contributed by atoms with Gasteiger partial charge in [-0.1, -0.05) is 0 Å². The van der Waals surface area contributed by atoms with Crippen molar-refractivity contribution >= 4 is 21.9 Å². The molecule has 0 amide bonds. The molecule has 0 fully saturated rings. The summed E-state index contributed by atoms with van der Waals surface area (Å²) in [4.78, 5) is 10.2. The summed E-state index contributed by atoms with van der Waals surface area (Å²) in [6.07, 6.45) is 3.63. The standard InChI is InChI=1S/C6H5BrO3/c7-4-1-2-5(6(8)9)10-3-4/h1-3,5H,(H,8,9). The van der Waals surface area contributed by atoms with Crippen molar-refractivity contribution < 1.29 is 14.6 Å². The second-order valence-corrected chi connectivity index (χ2v) is 2.67. The smallest absolute Gasteiger partial charge is 0.349 e. The van der Waals surface area contributed by atoms with Crippen molar-refractivity contribution in [3.63, 3.8) is 0 Å². The average molecular weight is 205 g/mol. The number of halogens is 1. The molecule has 1 aliphatic heterocycles. The molecule has 1 N–H and O–H groups in total. The van der Waals surface area contributed by atoms with E-state index in [1.54, 1.807) is 6.08 Å². The van der Waals surface area contributed by atoms with Crippen molar-refractivity contribution in [2.45, 2.75) is 6.10 Å². The molecule has 0 aliphatic carbocycles. The molecule has 3 nitrogen and oxygen atoms in total. The molecule has 4 heteroatoms. The van der Waals surface area contributed by atoms with Crippen molar-refractivity contribution in [1.82, 2.24) is 0 Å². The molecule has 0 spiro atoms. The van der Waals surface area contributed by atoms with Crippen molar-refractivity contribution in [2.24, 2.45) is 0 Å². The van der Waals surface area contributed by atoms with Gasteiger partial charge in [0.05, 0.1) is 10.7 Å². The Labute approximate surface area is 66.1 Å². The van der Waals surface area contributed by atoms with Crippen LogP contribution in [0.4, 0.5) is 0 Å². The number of ether oxygens (including phenoxy) is 1. The summed E-state index contributed by atoms with van der Waals surface area (Å²) in [5.41, 5.74) is 0. The van der Waals surface area contributed by atoms with E-state index in [9.17, 15) is 4.79 Å². The minimum Gasteiger partial charge on any atom is -0.481 e. The van der Waals surface area contributed by atoms with Gasteiger partial charge in [0.1, 0.15) is 0 Å². The molecule has 0 radical (unpaired) electrons. The maximum atomic E-state index is 10.2. The van der Waals surface area contributed by atoms with Crippen LogP contribution in [0.15, 0.2) is 22.9 Å². The van der Waals surface area contributed by atoms with Gasteiger partial charge in [-0.2, -0.15) is 0 Å². The molecular weight excluding hydrogens is 200 g/mol. The van der Waals surface area contributed by atoms with E-state index in [-0.39, 0.29) is 0 Å². The largest absolute Gasteiger partial charge is 0.481 e. The lowest BCUT2D eigenvalue weighted by molar-refractivity contribution is -0.144. The molecule has 0 aromatic carbocycles. The number of allylic oxidation sites excluding steroid dienone is 2. The Bertz CT molecular complexity index is 207. The van der Waals surface area contributed by atoms with Crippen LogP contribution in [0.1, 0.15) is 0 Å². The fourth-order valence-electron chi connectivity index (χ4n) is 0.543. The lowest BCUT2D eigenvalue weighted by atomic mass is 10.3. The van der Waals surface area contributed by atoms with Gasteiger partial charge < -0.3 is 9.84 Å². The first-order valence-corrected chi connectivity index (χ1v) is 3.41. The zero-order chi connectivity index (χ0) is 7.56. The topological polar surface area (TPSA) is 46.5 Å². The lowest BCUT2D eigenvalue weighted by Crippen LogP contribution is -2.20. The normalized spacial score (nSPS) is 23.3. The van der Waals surface area contributed by atoms with Crippen molar-refractivity contribution in [1.29, 1.82) is 0 Å². The van der Waals surface area contributed by atoms with Crippen LogP contribution in [-0.2, 0) is 9.53 Å². The Hall–Kier alpha value is -0.770. The monoisotopic (exact) mass is 204 g/mol. The van der Waals surface area contributed by atoms with Crippen LogP contribution in [0, 0.1) is 0 Å². The van der Waals surface area contributed by atoms with E-state index in [1.807, 2.05) is 0 Å². The Morgan fingerprint density at radius 3 is 2.90 bits per heavy atom. The van der Waals surface area contributed by atoms with Gasteiger partial charge in [-0.15, -0.1) is 0 Å². The Morgan fingerprint density at radius 1 is 1.80 bits per heavy atom. The fourth-order valence-corrected chi connectivity index (χ4v) is 0.803. The number of carboxylic acid groups (broad SMARTS) is 1. The van der Waals surface area contributed by atoms with Gasteiger partial charge in [-0.05, 0) is 28.1 Å². The Kier molecular flexibility index (Phi) is 2.11. The van der Waals surface area contributed by atoms with E-state index in [1.165, 1.54) is 12.3 Å². The summed E-state index contributed by atoms with van der Waals surface area (Å²) in [7, 11) is 0. The molecule has 0 aromatic rings. The number of hydrogen-bond acceptors (Lipinski definition) is 2. The molecule has 0 aromatic heterocycles. The van der Waals surface area contributed by atoms with Crippen LogP contribution in [-0.4, -0.2) is 17.2 Å². The fraction of sp³-hybridized carbons (Fsp3) is 0.167. The summed E-state index contributed by atoms with van der Waals surface area (Å²) in [6.45, 7) is 0. The summed E-state index contributed by atoms with van der Waals surface area (Å²) in [5.74, 6) is -0.979. The predicted molar refractivity (Wildman–Crippen MR) is 38.7 cm³/mol. The Balaban J connectivity index is 2.60. The van der Waals surface area contributed by atoms with Crippen LogP contribution >= 0.6 is 15.9 Å². The third kappa shape index (κ3) is 1.60. The van der Waals surface area contributed by atoms with E-state index >= 15 is 0 Å². The molecule has 0 saturated carbocycles. The van der Waals surface area contributed by atoms with E-state index in [4.69, 9.17) is 9.84 Å². The van der Waals surface area contributed by atoms with Crippen LogP contribution in [0.5, 0.6) is 0 Å². The number of rotatable bonds is 1. The maximum Gasteiger partial charge on any atom is 0.349 e. The zero-order valence-corrected chi connectivity index (χ0v) is 6.54. The number of carbonyl (C=O) groups is 1. The van der Waals surface area contributed by atoms with Gasteiger partial charge in [0.15, 0.2) is 0 Å². The molecule has 1 heterocycles. The van der Waals surface area contributed by atoms with Gasteiger partial charge in [0.25, 0.3) is 0 Å². The van der Waals surface area contributed by atoms with Crippen LogP contribution in [0.2, 0.25) is 0 Å². The number of carboxylic acids is 1. The van der Waals surface area contributed by atoms with Gasteiger partial charge in [-0.3, -0.25) is 0 Å². The van der Waals surface area contributed by atoms with Gasteiger partial charge >= 0.3 is 5.97 Å². The number of hydrogen-bond donors (Lipinski definition) is 1. The van der Waals surface area contributed by atoms with E-state index in [0.29, 0.717) is 0 Å². The quantitative estimate of drug-likeness (QED) is 0.700. The van der Waals surface area contributed by atoms with Gasteiger partial charge in [0, 0.05) is 0 Å². The highest BCUT2D eigenvalue weighted by Crippen LogP contribution is 2.14. The van der Waals surface area contributed by atoms with Crippen LogP contribution < -0.4 is 0 Å². The van der Waals surface area contributed by atoms with Gasteiger partial charge in [-0.25, -0.2) is 4.79 Å². The van der Waals surface area contributed by atoms with E-state index in [0.717, 1.165) is 4.48 Å². The molecule has 1 atom stereocenters. The van der Waals surface area contributed by atoms with Crippen molar-refractivity contribution in [2.75, 3.05) is 0 Å². The first-order valence-electron chi connectivity index (χ1n) is 2.62. The maximum absolute atomic E-state index is 10.2. The SMILES string of the molecule is O=C(O)C1C=CC(Br)=CO1. The minimum absolute atomic E-state index is 0.741. The molecule has 1 unspecified atom stereocenters. The van der Waals surface area contributed by atoms with E-state index < -0.39 is 12.1 Å². The Morgan fingerprint density at radius 2 is 2.50 bits per heavy atom. The second-order valence-electron chi connectivity index (χ2n) is 1.76. The number of aliphatic carboxylic acids is 1.